The van der Waals surface area contributed by atoms with Crippen molar-refractivity contribution in [1.29, 1.82) is 0 Å². The third-order valence-corrected chi connectivity index (χ3v) is 9.92. The molecule has 0 unspecified atom stereocenters. The Morgan fingerprint density at radius 1 is 0.474 bits per heavy atom. The zero-order chi connectivity index (χ0) is 39.1. The number of hydrogen-bond donors (Lipinski definition) is 0. The molecular formula is C47H29N3O6Y-2. The number of hydrogen-bond acceptors (Lipinski definition) is 6. The Kier molecular flexibility index (Phi) is 10.8. The first-order chi connectivity index (χ1) is 27.2. The molecule has 0 aliphatic carbocycles. The van der Waals surface area contributed by atoms with E-state index in [1.807, 2.05) is 48.5 Å². The van der Waals surface area contributed by atoms with Gasteiger partial charge in [-0.25, -0.2) is 4.90 Å². The Labute approximate surface area is 353 Å². The second-order valence-corrected chi connectivity index (χ2v) is 13.2. The molecule has 6 amide bonds. The van der Waals surface area contributed by atoms with Crippen molar-refractivity contribution in [1.82, 2.24) is 0 Å². The second kappa shape index (κ2) is 15.9. The van der Waals surface area contributed by atoms with Gasteiger partial charge in [0.15, 0.2) is 0 Å². The summed E-state index contributed by atoms with van der Waals surface area (Å²) < 4.78 is 0. The van der Waals surface area contributed by atoms with Crippen LogP contribution in [0, 0.1) is 24.5 Å². The first-order valence-electron chi connectivity index (χ1n) is 17.7. The van der Waals surface area contributed by atoms with Gasteiger partial charge in [0.25, 0.3) is 11.8 Å². The van der Waals surface area contributed by atoms with E-state index in [0.717, 1.165) is 22.4 Å². The zero-order valence-corrected chi connectivity index (χ0v) is 33.3. The fraction of sp³-hybridized carbons (Fsp3) is 0.0638. The number of imide groups is 3. The molecule has 3 heterocycles. The van der Waals surface area contributed by atoms with Gasteiger partial charge in [-0.1, -0.05) is 71.5 Å². The molecule has 273 valence electrons. The van der Waals surface area contributed by atoms with Crippen molar-refractivity contribution in [3.63, 3.8) is 0 Å². The average molecular weight is 821 g/mol. The summed E-state index contributed by atoms with van der Waals surface area (Å²) >= 11 is 0. The molecule has 0 atom stereocenters. The second-order valence-electron chi connectivity index (χ2n) is 13.2. The maximum Gasteiger partial charge on any atom is 0.266 e. The average Bonchev–Trinajstić information content (AvgIpc) is 3.76. The number of amides is 6. The number of carbonyl (C=O) groups excluding carboxylic acids is 6. The molecule has 57 heavy (non-hydrogen) atoms. The van der Waals surface area contributed by atoms with E-state index in [4.69, 9.17) is 6.42 Å². The number of rotatable bonds is 6. The summed E-state index contributed by atoms with van der Waals surface area (Å²) in [6.45, 7) is 2.06. The quantitative estimate of drug-likeness (QED) is 0.0978. The number of anilines is 3. The summed E-state index contributed by atoms with van der Waals surface area (Å²) in [5, 5.41) is 0. The van der Waals surface area contributed by atoms with E-state index in [-0.39, 0.29) is 62.2 Å². The molecule has 0 fully saturated rings. The summed E-state index contributed by atoms with van der Waals surface area (Å²) in [4.78, 5) is 79.2. The monoisotopic (exact) mass is 820 g/mol. The van der Waals surface area contributed by atoms with Crippen molar-refractivity contribution >= 4 is 52.5 Å². The van der Waals surface area contributed by atoms with Gasteiger partial charge in [-0.05, 0) is 84.1 Å². The van der Waals surface area contributed by atoms with Gasteiger partial charge < -0.3 is 0 Å². The number of terminal acetylenes is 1. The predicted molar refractivity (Wildman–Crippen MR) is 210 cm³/mol. The fourth-order valence-corrected chi connectivity index (χ4v) is 6.93. The molecule has 0 bridgehead atoms. The maximum absolute atomic E-state index is 12.9. The minimum atomic E-state index is -0.397. The van der Waals surface area contributed by atoms with E-state index in [1.54, 1.807) is 72.8 Å². The molecule has 1 radical (unpaired) electrons. The van der Waals surface area contributed by atoms with Crippen LogP contribution >= 0.6 is 0 Å². The third-order valence-electron chi connectivity index (χ3n) is 9.92. The summed E-state index contributed by atoms with van der Waals surface area (Å²) in [6.07, 6.45) is 6.94. The largest absolute Gasteiger partial charge is 0.283 e. The minimum Gasteiger partial charge on any atom is -0.283 e. The van der Waals surface area contributed by atoms with Crippen LogP contribution in [0.1, 0.15) is 91.3 Å². The molecule has 0 saturated carbocycles. The molecular weight excluding hydrogens is 791 g/mol. The molecule has 0 N–H and O–H groups in total. The van der Waals surface area contributed by atoms with Crippen LogP contribution in [-0.2, 0) is 45.6 Å². The van der Waals surface area contributed by atoms with Crippen LogP contribution in [0.2, 0.25) is 0 Å². The van der Waals surface area contributed by atoms with Gasteiger partial charge >= 0.3 is 0 Å². The molecule has 9 nitrogen and oxygen atoms in total. The molecule has 0 spiro atoms. The van der Waals surface area contributed by atoms with Crippen molar-refractivity contribution in [3.8, 4) is 12.3 Å². The van der Waals surface area contributed by atoms with Crippen molar-refractivity contribution in [3.05, 3.63) is 195 Å². The Hall–Kier alpha value is -6.60. The van der Waals surface area contributed by atoms with Crippen molar-refractivity contribution in [2.45, 2.75) is 19.8 Å². The first kappa shape index (κ1) is 38.7. The van der Waals surface area contributed by atoms with Crippen molar-refractivity contribution in [2.24, 2.45) is 0 Å². The van der Waals surface area contributed by atoms with Gasteiger partial charge in [0.05, 0.1) is 28.2 Å². The summed E-state index contributed by atoms with van der Waals surface area (Å²) in [5.41, 5.74) is 7.51. The first-order valence-corrected chi connectivity index (χ1v) is 17.7. The van der Waals surface area contributed by atoms with Crippen LogP contribution in [0.5, 0.6) is 0 Å². The smallest absolute Gasteiger partial charge is 0.266 e. The molecule has 6 aromatic carbocycles. The van der Waals surface area contributed by atoms with E-state index < -0.39 is 5.91 Å². The number of aryl methyl sites for hydroxylation is 1. The van der Waals surface area contributed by atoms with Crippen LogP contribution < -0.4 is 14.7 Å². The SMILES string of the molecule is C#Cc1ccc2c(c1)C(=O)N(c1ccc(Cc3ccc(N4C(=O)c5c[c-]ccc5C4=O)cc3)cc1)C2=O.CCc1ccc(N2C(=O)c3c[c-]ccc3C2=O)cc1.[Y]. The number of carbonyl (C=O) groups is 6. The van der Waals surface area contributed by atoms with Crippen LogP contribution in [0.25, 0.3) is 0 Å². The Morgan fingerprint density at radius 3 is 1.23 bits per heavy atom. The van der Waals surface area contributed by atoms with Gasteiger partial charge in [-0.15, -0.1) is 6.42 Å². The van der Waals surface area contributed by atoms with Crippen LogP contribution in [0.15, 0.2) is 127 Å². The maximum atomic E-state index is 12.9. The zero-order valence-electron chi connectivity index (χ0n) is 30.5. The minimum absolute atomic E-state index is 0. The van der Waals surface area contributed by atoms with Gasteiger partial charge in [0.1, 0.15) is 0 Å². The topological polar surface area (TPSA) is 112 Å². The van der Waals surface area contributed by atoms with Crippen molar-refractivity contribution < 1.29 is 61.5 Å². The molecule has 3 aliphatic heterocycles. The van der Waals surface area contributed by atoms with Crippen LogP contribution in [0.3, 0.4) is 0 Å². The van der Waals surface area contributed by atoms with Gasteiger partial charge in [-0.2, -0.15) is 48.5 Å². The van der Waals surface area contributed by atoms with E-state index in [1.165, 1.54) is 21.4 Å². The standard InChI is InChI=1S/C31H17N2O4.C16H12NO2.Y/c1-2-19-11-16-26-27(18-19)31(37)33(30(26)36)23-14-9-21(10-15-23)17-20-7-12-22(13-8-20)32-28(34)24-5-3-4-6-25(24)29(32)35;1-2-11-7-9-12(10-8-11)17-15(18)13-5-3-4-6-14(13)16(17)19;/h1,3,5-16,18H,17H2;3,5-10H,2H2,1H3;/q2*-1;. The fourth-order valence-electron chi connectivity index (χ4n) is 6.93. The molecule has 6 aromatic rings. The van der Waals surface area contributed by atoms with Gasteiger partial charge in [-0.3, -0.25) is 38.6 Å². The molecule has 10 heteroatoms. The summed E-state index contributed by atoms with van der Waals surface area (Å²) in [6, 6.07) is 42.0. The van der Waals surface area contributed by atoms with Crippen LogP contribution in [0.4, 0.5) is 17.1 Å². The van der Waals surface area contributed by atoms with E-state index in [2.05, 4.69) is 25.0 Å². The van der Waals surface area contributed by atoms with Crippen LogP contribution in [-0.4, -0.2) is 35.4 Å². The summed E-state index contributed by atoms with van der Waals surface area (Å²) in [7, 11) is 0. The number of benzene rings is 6. The third kappa shape index (κ3) is 6.95. The Balaban J connectivity index is 0.000000209. The number of nitrogens with zero attached hydrogens (tertiary/aromatic N) is 3. The van der Waals surface area contributed by atoms with E-state index in [0.29, 0.717) is 62.4 Å². The molecule has 0 aromatic heterocycles. The predicted octanol–water partition coefficient (Wildman–Crippen LogP) is 7.51. The summed E-state index contributed by atoms with van der Waals surface area (Å²) in [5.74, 6) is 0.466. The Morgan fingerprint density at radius 2 is 0.842 bits per heavy atom. The Bertz CT molecular complexity index is 2610. The van der Waals surface area contributed by atoms with Crippen molar-refractivity contribution in [2.75, 3.05) is 14.7 Å². The molecule has 0 saturated heterocycles. The normalized spacial score (nSPS) is 13.8. The van der Waals surface area contributed by atoms with Gasteiger partial charge in [0, 0.05) is 38.3 Å². The molecule has 3 aliphatic rings. The van der Waals surface area contributed by atoms with E-state index >= 15 is 0 Å². The number of fused-ring (bicyclic) bond motifs is 3. The molecule has 9 rings (SSSR count). The van der Waals surface area contributed by atoms with Gasteiger partial charge in [0.2, 0.25) is 23.6 Å². The van der Waals surface area contributed by atoms with E-state index in [9.17, 15) is 28.8 Å².